The van der Waals surface area contributed by atoms with Crippen molar-refractivity contribution in [3.63, 3.8) is 0 Å². The molecule has 51 heavy (non-hydrogen) atoms. The monoisotopic (exact) mass is 732 g/mol. The van der Waals surface area contributed by atoms with E-state index in [4.69, 9.17) is 25.8 Å². The minimum Gasteiger partial charge on any atom is -0.490 e. The van der Waals surface area contributed by atoms with Gasteiger partial charge in [0.05, 0.1) is 17.8 Å². The van der Waals surface area contributed by atoms with E-state index in [0.717, 1.165) is 22.4 Å². The van der Waals surface area contributed by atoms with Crippen LogP contribution in [0.3, 0.4) is 0 Å². The number of fused-ring (bicyclic) bond motifs is 3. The van der Waals surface area contributed by atoms with E-state index in [1.54, 1.807) is 63.3 Å². The van der Waals surface area contributed by atoms with Crippen LogP contribution >= 0.6 is 22.9 Å². The molecule has 13 heteroatoms. The zero-order valence-electron chi connectivity index (χ0n) is 29.6. The number of hydrogen-bond donors (Lipinski definition) is 3. The predicted octanol–water partition coefficient (Wildman–Crippen LogP) is 7.97. The molecule has 5 rings (SSSR count). The van der Waals surface area contributed by atoms with Crippen molar-refractivity contribution in [2.75, 3.05) is 19.0 Å². The van der Waals surface area contributed by atoms with E-state index in [1.807, 2.05) is 31.4 Å². The van der Waals surface area contributed by atoms with E-state index in [9.17, 15) is 19.2 Å². The number of pyridine rings is 1. The third-order valence-corrected chi connectivity index (χ3v) is 9.23. The topological polar surface area (TPSA) is 145 Å². The number of aryl methyl sites for hydroxylation is 1. The molecule has 0 spiro atoms. The first-order valence-electron chi connectivity index (χ1n) is 16.6. The molecule has 2 aromatic heterocycles. The smallest absolute Gasteiger partial charge is 0.407 e. The van der Waals surface area contributed by atoms with Gasteiger partial charge in [-0.1, -0.05) is 24.6 Å². The van der Waals surface area contributed by atoms with Crippen molar-refractivity contribution in [3.05, 3.63) is 86.5 Å². The number of amides is 3. The van der Waals surface area contributed by atoms with E-state index in [1.165, 1.54) is 13.2 Å². The fraction of sp³-hybridized carbons (Fsp3) is 0.342. The molecule has 2 aromatic carbocycles. The second-order valence-electron chi connectivity index (χ2n) is 13.2. The lowest BCUT2D eigenvalue weighted by atomic mass is 9.93. The van der Waals surface area contributed by atoms with Gasteiger partial charge in [0.1, 0.15) is 23.1 Å². The molecule has 3 N–H and O–H groups in total. The Morgan fingerprint density at radius 3 is 2.47 bits per heavy atom. The molecule has 0 saturated heterocycles. The Morgan fingerprint density at radius 1 is 1.02 bits per heavy atom. The number of benzene rings is 2. The molecular formula is C38H41ClN4O7S. The molecule has 0 saturated carbocycles. The van der Waals surface area contributed by atoms with Gasteiger partial charge in [-0.25, -0.2) is 14.6 Å². The lowest BCUT2D eigenvalue weighted by Crippen LogP contribution is -2.32. The van der Waals surface area contributed by atoms with Gasteiger partial charge in [0.15, 0.2) is 5.69 Å². The standard InChI is InChI=1S/C38H41ClN4O7S/c1-8-12-40-35(45)29-10-9-24(32(42-29)36(46)48-7)25-18-30-27(33-23(11-13-51-33)15-21(3)49-30)17-26(25)34(44)43-31-20(2)14-22(16-28(31)39)19-41-37(47)50-38(4,5)6/h9-11,13-14,16-18,21H,8,12,15,19H2,1-7H3,(H,40,45)(H,41,47)(H,43,44)/t21-/m0/s1. The van der Waals surface area contributed by atoms with Crippen molar-refractivity contribution in [1.29, 1.82) is 0 Å². The maximum Gasteiger partial charge on any atom is 0.407 e. The molecule has 0 bridgehead atoms. The van der Waals surface area contributed by atoms with Gasteiger partial charge in [0, 0.05) is 46.6 Å². The van der Waals surface area contributed by atoms with E-state index in [2.05, 4.69) is 20.9 Å². The van der Waals surface area contributed by atoms with Crippen LogP contribution in [0.25, 0.3) is 21.6 Å². The second-order valence-corrected chi connectivity index (χ2v) is 14.5. The molecule has 3 heterocycles. The molecule has 268 valence electrons. The number of carbonyl (C=O) groups is 4. The Kier molecular flexibility index (Phi) is 11.4. The Hall–Kier alpha value is -4.94. The fourth-order valence-corrected chi connectivity index (χ4v) is 6.99. The van der Waals surface area contributed by atoms with Crippen molar-refractivity contribution < 1.29 is 33.4 Å². The van der Waals surface area contributed by atoms with Gasteiger partial charge in [0.25, 0.3) is 11.8 Å². The Morgan fingerprint density at radius 2 is 1.78 bits per heavy atom. The summed E-state index contributed by atoms with van der Waals surface area (Å²) in [7, 11) is 1.23. The van der Waals surface area contributed by atoms with Gasteiger partial charge in [-0.05, 0) is 99.5 Å². The lowest BCUT2D eigenvalue weighted by Gasteiger charge is -2.20. The normalized spacial score (nSPS) is 13.5. The fourth-order valence-electron chi connectivity index (χ4n) is 5.70. The van der Waals surface area contributed by atoms with Gasteiger partial charge >= 0.3 is 12.1 Å². The summed E-state index contributed by atoms with van der Waals surface area (Å²) >= 11 is 8.28. The molecule has 11 nitrogen and oxygen atoms in total. The highest BCUT2D eigenvalue weighted by atomic mass is 35.5. The second kappa shape index (κ2) is 15.5. The highest BCUT2D eigenvalue weighted by Crippen LogP contribution is 2.44. The number of carbonyl (C=O) groups excluding carboxylic acids is 4. The zero-order valence-corrected chi connectivity index (χ0v) is 31.2. The first-order valence-corrected chi connectivity index (χ1v) is 17.8. The van der Waals surface area contributed by atoms with Gasteiger partial charge in [-0.2, -0.15) is 0 Å². The maximum absolute atomic E-state index is 14.4. The van der Waals surface area contributed by atoms with Crippen molar-refractivity contribution in [3.8, 4) is 27.3 Å². The minimum atomic E-state index is -0.777. The molecule has 3 amide bonds. The van der Waals surface area contributed by atoms with Crippen LogP contribution < -0.4 is 20.7 Å². The first-order chi connectivity index (χ1) is 24.2. The highest BCUT2D eigenvalue weighted by Gasteiger charge is 2.29. The molecule has 0 fully saturated rings. The van der Waals surface area contributed by atoms with Gasteiger partial charge < -0.3 is 30.2 Å². The van der Waals surface area contributed by atoms with E-state index in [0.29, 0.717) is 41.1 Å². The third-order valence-electron chi connectivity index (χ3n) is 7.95. The summed E-state index contributed by atoms with van der Waals surface area (Å²) in [5, 5.41) is 10.7. The number of aromatic nitrogens is 1. The van der Waals surface area contributed by atoms with Crippen LogP contribution in [-0.2, 0) is 22.4 Å². The van der Waals surface area contributed by atoms with E-state index >= 15 is 0 Å². The molecule has 1 aliphatic heterocycles. The Labute approximate surface area is 306 Å². The Balaban J connectivity index is 1.59. The molecule has 0 aliphatic carbocycles. The van der Waals surface area contributed by atoms with Crippen molar-refractivity contribution in [2.24, 2.45) is 0 Å². The summed E-state index contributed by atoms with van der Waals surface area (Å²) in [5.74, 6) is -1.19. The number of nitrogens with one attached hydrogen (secondary N) is 3. The van der Waals surface area contributed by atoms with Crippen molar-refractivity contribution >= 4 is 52.5 Å². The van der Waals surface area contributed by atoms with E-state index < -0.39 is 29.5 Å². The number of anilines is 1. The number of esters is 1. The highest BCUT2D eigenvalue weighted by molar-refractivity contribution is 7.13. The summed E-state index contributed by atoms with van der Waals surface area (Å²) in [5.41, 5.74) is 3.66. The summed E-state index contributed by atoms with van der Waals surface area (Å²) < 4.78 is 16.8. The van der Waals surface area contributed by atoms with E-state index in [-0.39, 0.29) is 40.2 Å². The van der Waals surface area contributed by atoms with Crippen LogP contribution in [-0.4, -0.2) is 54.2 Å². The van der Waals surface area contributed by atoms with Crippen molar-refractivity contribution in [1.82, 2.24) is 15.6 Å². The number of ether oxygens (including phenoxy) is 3. The van der Waals surface area contributed by atoms with Crippen LogP contribution in [0.1, 0.15) is 89.1 Å². The number of halogens is 1. The SMILES string of the molecule is CCCNC(=O)c1ccc(-c2cc3c(cc2C(=O)Nc2c(C)cc(CNC(=O)OC(C)(C)C)cc2Cl)-c2sccc2C[C@H](C)O3)c(C(=O)OC)n1. The number of hydrogen-bond acceptors (Lipinski definition) is 9. The number of thiophene rings is 1. The van der Waals surface area contributed by atoms with Crippen LogP contribution in [0.5, 0.6) is 5.75 Å². The summed E-state index contributed by atoms with van der Waals surface area (Å²) in [6, 6.07) is 12.1. The first kappa shape index (κ1) is 37.3. The summed E-state index contributed by atoms with van der Waals surface area (Å²) in [6.45, 7) is 11.6. The molecule has 1 aliphatic rings. The largest absolute Gasteiger partial charge is 0.490 e. The zero-order chi connectivity index (χ0) is 37.0. The van der Waals surface area contributed by atoms with Gasteiger partial charge in [-0.15, -0.1) is 11.3 Å². The molecule has 1 atom stereocenters. The number of rotatable bonds is 9. The molecule has 4 aromatic rings. The molecule has 0 radical (unpaired) electrons. The quantitative estimate of drug-likeness (QED) is 0.147. The summed E-state index contributed by atoms with van der Waals surface area (Å²) in [4.78, 5) is 58.0. The predicted molar refractivity (Wildman–Crippen MR) is 198 cm³/mol. The van der Waals surface area contributed by atoms with Crippen LogP contribution in [0.4, 0.5) is 10.5 Å². The summed E-state index contributed by atoms with van der Waals surface area (Å²) in [6.07, 6.45) is 0.665. The van der Waals surface area contributed by atoms with Crippen LogP contribution in [0.2, 0.25) is 5.02 Å². The average Bonchev–Trinajstić information content (AvgIpc) is 3.48. The number of alkyl carbamates (subject to hydrolysis) is 1. The van der Waals surface area contributed by atoms with Crippen LogP contribution in [0.15, 0.2) is 47.8 Å². The third kappa shape index (κ3) is 8.69. The van der Waals surface area contributed by atoms with Gasteiger partial charge in [-0.3, -0.25) is 9.59 Å². The number of nitrogens with zero attached hydrogens (tertiary/aromatic N) is 1. The average molecular weight is 733 g/mol. The molecular weight excluding hydrogens is 692 g/mol. The lowest BCUT2D eigenvalue weighted by molar-refractivity contribution is 0.0522. The van der Waals surface area contributed by atoms with Gasteiger partial charge in [0.2, 0.25) is 0 Å². The van der Waals surface area contributed by atoms with Crippen molar-refractivity contribution in [2.45, 2.75) is 72.6 Å². The number of methoxy groups -OCH3 is 1. The maximum atomic E-state index is 14.4. The molecule has 0 unspecified atom stereocenters. The Bertz CT molecular complexity index is 1980. The minimum absolute atomic E-state index is 0.0325. The van der Waals surface area contributed by atoms with Crippen LogP contribution in [0, 0.1) is 6.92 Å².